The Balaban J connectivity index is 2.03. The maximum absolute atomic E-state index is 13.1. The number of carbonyl (C=O) groups is 4. The fourth-order valence-electron chi connectivity index (χ4n) is 4.14. The van der Waals surface area contributed by atoms with Crippen molar-refractivity contribution in [3.05, 3.63) is 0 Å². The summed E-state index contributed by atoms with van der Waals surface area (Å²) >= 11 is 0. The van der Waals surface area contributed by atoms with Crippen LogP contribution in [0.25, 0.3) is 0 Å². The van der Waals surface area contributed by atoms with Crippen LogP contribution in [0.3, 0.4) is 0 Å². The Labute approximate surface area is 159 Å². The lowest BCUT2D eigenvalue weighted by Crippen LogP contribution is -2.55. The summed E-state index contributed by atoms with van der Waals surface area (Å²) < 4.78 is 0. The first kappa shape index (κ1) is 21.0. The summed E-state index contributed by atoms with van der Waals surface area (Å²) in [5.74, 6) is -2.39. The number of nitrogens with zero attached hydrogens (tertiary/aromatic N) is 2. The van der Waals surface area contributed by atoms with Crippen LogP contribution in [0.15, 0.2) is 0 Å². The number of nitriles is 1. The third-order valence-corrected chi connectivity index (χ3v) is 5.61. The molecule has 1 aliphatic heterocycles. The Kier molecular flexibility index (Phi) is 7.48. The number of carbonyl (C=O) groups excluding carboxylic acids is 4. The average molecular weight is 376 g/mol. The molecule has 1 heterocycles. The zero-order valence-corrected chi connectivity index (χ0v) is 16.0. The topological polar surface area (TPSA) is 119 Å². The molecule has 0 radical (unpaired) electrons. The summed E-state index contributed by atoms with van der Waals surface area (Å²) in [4.78, 5) is 50.2. The predicted octanol–water partition coefficient (Wildman–Crippen LogP) is 0.312. The first-order valence-corrected chi connectivity index (χ1v) is 9.67. The van der Waals surface area contributed by atoms with Crippen molar-refractivity contribution in [3.63, 3.8) is 0 Å². The third kappa shape index (κ3) is 4.92. The summed E-state index contributed by atoms with van der Waals surface area (Å²) in [5.41, 5.74) is 0. The molecule has 3 atom stereocenters. The summed E-state index contributed by atoms with van der Waals surface area (Å²) in [6.07, 6.45) is 6.67. The molecule has 0 bridgehead atoms. The highest BCUT2D eigenvalue weighted by atomic mass is 16.2. The number of likely N-dealkylation sites (N-methyl/N-ethyl adjacent to an activating group) is 1. The van der Waals surface area contributed by atoms with Crippen LogP contribution in [0.5, 0.6) is 0 Å². The Morgan fingerprint density at radius 1 is 1.07 bits per heavy atom. The van der Waals surface area contributed by atoms with Crippen molar-refractivity contribution in [3.8, 4) is 6.07 Å². The number of hydrogen-bond acceptors (Lipinski definition) is 6. The van der Waals surface area contributed by atoms with E-state index in [-0.39, 0.29) is 17.9 Å². The number of likely N-dealkylation sites (tertiary alicyclic amines) is 1. The van der Waals surface area contributed by atoms with Crippen LogP contribution in [-0.2, 0) is 19.2 Å². The molecule has 0 aromatic heterocycles. The van der Waals surface area contributed by atoms with E-state index in [2.05, 4.69) is 10.6 Å². The van der Waals surface area contributed by atoms with Gasteiger partial charge in [0, 0.05) is 6.54 Å². The van der Waals surface area contributed by atoms with E-state index >= 15 is 0 Å². The zero-order chi connectivity index (χ0) is 20.0. The molecular weight excluding hydrogens is 348 g/mol. The number of nitrogens with one attached hydrogen (secondary N) is 2. The van der Waals surface area contributed by atoms with E-state index in [1.54, 1.807) is 11.9 Å². The molecule has 148 valence electrons. The highest BCUT2D eigenvalue weighted by molar-refractivity contribution is 6.45. The van der Waals surface area contributed by atoms with Gasteiger partial charge in [-0.05, 0) is 45.6 Å². The molecule has 1 aliphatic carbocycles. The number of ketones is 2. The monoisotopic (exact) mass is 376 g/mol. The number of hydrogen-bond donors (Lipinski definition) is 2. The second kappa shape index (κ2) is 9.60. The standard InChI is InChI=1S/C19H28N4O4/c1-12(17(25)15(24)11-20)22-18(26)14-9-6-10-23(14)19(27)16(21-2)13-7-4-3-5-8-13/h12-14,16,21H,3-10H2,1-2H3,(H,22,26). The molecule has 8 nitrogen and oxygen atoms in total. The van der Waals surface area contributed by atoms with Gasteiger partial charge < -0.3 is 15.5 Å². The summed E-state index contributed by atoms with van der Waals surface area (Å²) in [7, 11) is 1.77. The van der Waals surface area contributed by atoms with Gasteiger partial charge in [-0.25, -0.2) is 0 Å². The minimum Gasteiger partial charge on any atom is -0.344 e. The minimum absolute atomic E-state index is 0.0749. The molecule has 2 fully saturated rings. The maximum Gasteiger partial charge on any atom is 0.299 e. The van der Waals surface area contributed by atoms with Gasteiger partial charge in [0.2, 0.25) is 17.6 Å². The molecule has 0 spiro atoms. The molecule has 0 aromatic carbocycles. The van der Waals surface area contributed by atoms with Gasteiger partial charge in [0.25, 0.3) is 5.78 Å². The van der Waals surface area contributed by atoms with Crippen LogP contribution in [0, 0.1) is 17.2 Å². The van der Waals surface area contributed by atoms with E-state index in [9.17, 15) is 19.2 Å². The highest BCUT2D eigenvalue weighted by Crippen LogP contribution is 2.29. The molecular formula is C19H28N4O4. The van der Waals surface area contributed by atoms with Gasteiger partial charge in [-0.2, -0.15) is 5.26 Å². The van der Waals surface area contributed by atoms with Crippen molar-refractivity contribution in [2.24, 2.45) is 5.92 Å². The molecule has 27 heavy (non-hydrogen) atoms. The largest absolute Gasteiger partial charge is 0.344 e. The van der Waals surface area contributed by atoms with Crippen LogP contribution in [0.4, 0.5) is 0 Å². The minimum atomic E-state index is -1.19. The van der Waals surface area contributed by atoms with Crippen LogP contribution < -0.4 is 10.6 Å². The number of rotatable bonds is 7. The fraction of sp³-hybridized carbons (Fsp3) is 0.737. The van der Waals surface area contributed by atoms with E-state index in [1.165, 1.54) is 19.4 Å². The fourth-order valence-corrected chi connectivity index (χ4v) is 4.14. The van der Waals surface area contributed by atoms with Gasteiger partial charge in [-0.15, -0.1) is 0 Å². The quantitative estimate of drug-likeness (QED) is 0.488. The van der Waals surface area contributed by atoms with Crippen molar-refractivity contribution in [1.82, 2.24) is 15.5 Å². The maximum atomic E-state index is 13.1. The lowest BCUT2D eigenvalue weighted by Gasteiger charge is -2.34. The normalized spacial score (nSPS) is 22.6. The van der Waals surface area contributed by atoms with Gasteiger partial charge in [-0.1, -0.05) is 19.3 Å². The smallest absolute Gasteiger partial charge is 0.299 e. The summed E-state index contributed by atoms with van der Waals surface area (Å²) in [5, 5.41) is 14.1. The summed E-state index contributed by atoms with van der Waals surface area (Å²) in [6, 6.07) is -0.777. The highest BCUT2D eigenvalue weighted by Gasteiger charge is 2.40. The van der Waals surface area contributed by atoms with Crippen LogP contribution in [0.2, 0.25) is 0 Å². The van der Waals surface area contributed by atoms with Crippen molar-refractivity contribution >= 4 is 23.4 Å². The molecule has 3 unspecified atom stereocenters. The molecule has 2 aliphatic rings. The van der Waals surface area contributed by atoms with Crippen molar-refractivity contribution in [2.45, 2.75) is 70.0 Å². The number of Topliss-reactive ketones (excluding diaryl/α,β-unsaturated/α-hetero) is 2. The summed E-state index contributed by atoms with van der Waals surface area (Å²) in [6.45, 7) is 1.87. The zero-order valence-electron chi connectivity index (χ0n) is 16.0. The lowest BCUT2D eigenvalue weighted by molar-refractivity contribution is -0.142. The van der Waals surface area contributed by atoms with Crippen LogP contribution in [-0.4, -0.2) is 60.0 Å². The van der Waals surface area contributed by atoms with E-state index in [0.717, 1.165) is 25.7 Å². The van der Waals surface area contributed by atoms with Gasteiger partial charge in [0.15, 0.2) is 0 Å². The number of amides is 2. The van der Waals surface area contributed by atoms with Crippen molar-refractivity contribution < 1.29 is 19.2 Å². The predicted molar refractivity (Wildman–Crippen MR) is 97.4 cm³/mol. The SMILES string of the molecule is CNC(C(=O)N1CCCC1C(=O)NC(C)C(=O)C(=O)C#N)C1CCCCC1. The van der Waals surface area contributed by atoms with Gasteiger partial charge in [-0.3, -0.25) is 19.2 Å². The third-order valence-electron chi connectivity index (χ3n) is 5.61. The lowest BCUT2D eigenvalue weighted by atomic mass is 9.83. The first-order valence-electron chi connectivity index (χ1n) is 9.67. The molecule has 1 saturated heterocycles. The average Bonchev–Trinajstić information content (AvgIpc) is 3.18. The molecule has 2 amide bonds. The van der Waals surface area contributed by atoms with Crippen LogP contribution >= 0.6 is 0 Å². The van der Waals surface area contributed by atoms with Crippen LogP contribution in [0.1, 0.15) is 51.9 Å². The van der Waals surface area contributed by atoms with Crippen molar-refractivity contribution in [1.29, 1.82) is 5.26 Å². The molecule has 0 aromatic rings. The molecule has 1 saturated carbocycles. The Hall–Kier alpha value is -2.27. The Bertz CT molecular complexity index is 636. The van der Waals surface area contributed by atoms with Gasteiger partial charge in [0.1, 0.15) is 12.1 Å². The van der Waals surface area contributed by atoms with E-state index in [1.807, 2.05) is 0 Å². The Morgan fingerprint density at radius 3 is 2.33 bits per heavy atom. The van der Waals surface area contributed by atoms with E-state index < -0.39 is 29.6 Å². The van der Waals surface area contributed by atoms with Gasteiger partial charge in [0.05, 0.1) is 12.1 Å². The second-order valence-electron chi connectivity index (χ2n) is 7.39. The van der Waals surface area contributed by atoms with E-state index in [4.69, 9.17) is 5.26 Å². The first-order chi connectivity index (χ1) is 12.9. The Morgan fingerprint density at radius 2 is 1.74 bits per heavy atom. The van der Waals surface area contributed by atoms with E-state index in [0.29, 0.717) is 19.4 Å². The van der Waals surface area contributed by atoms with Gasteiger partial charge >= 0.3 is 0 Å². The molecule has 8 heteroatoms. The van der Waals surface area contributed by atoms with Crippen molar-refractivity contribution in [2.75, 3.05) is 13.6 Å². The molecule has 2 rings (SSSR count). The molecule has 2 N–H and O–H groups in total. The second-order valence-corrected chi connectivity index (χ2v) is 7.39.